The van der Waals surface area contributed by atoms with Gasteiger partial charge in [-0.25, -0.2) is 14.5 Å². The van der Waals surface area contributed by atoms with Crippen LogP contribution in [0.1, 0.15) is 0 Å². The molecule has 0 saturated heterocycles. The molecule has 0 bridgehead atoms. The maximum absolute atomic E-state index is 3.93. The minimum atomic E-state index is 0.824. The van der Waals surface area contributed by atoms with Crippen molar-refractivity contribution in [3.05, 3.63) is 24.9 Å². The summed E-state index contributed by atoms with van der Waals surface area (Å²) < 4.78 is 1.61. The molecule has 2 heterocycles. The zero-order valence-corrected chi connectivity index (χ0v) is 4.60. The first-order valence-corrected chi connectivity index (χ1v) is 2.56. The second kappa shape index (κ2) is 1.51. The van der Waals surface area contributed by atoms with Gasteiger partial charge in [0.15, 0.2) is 5.65 Å². The van der Waals surface area contributed by atoms with Gasteiger partial charge in [0, 0.05) is 6.07 Å². The Balaban J connectivity index is 2.95. The molecule has 0 aliphatic rings. The number of hydrogen-bond donors (Lipinski definition) is 0. The van der Waals surface area contributed by atoms with E-state index in [1.807, 2.05) is 6.07 Å². The highest BCUT2D eigenvalue weighted by Crippen LogP contribution is 1.90. The molecule has 0 spiro atoms. The molecule has 0 N–H and O–H groups in total. The van der Waals surface area contributed by atoms with Crippen molar-refractivity contribution in [3.8, 4) is 0 Å². The fraction of sp³-hybridized carbons (Fsp3) is 0. The highest BCUT2D eigenvalue weighted by atomic mass is 15.3. The van der Waals surface area contributed by atoms with Gasteiger partial charge < -0.3 is 0 Å². The summed E-state index contributed by atoms with van der Waals surface area (Å²) in [4.78, 5) is 7.70. The Bertz CT molecular complexity index is 283. The zero-order valence-electron chi connectivity index (χ0n) is 4.60. The number of hydrogen-bond acceptors (Lipinski definition) is 3. The summed E-state index contributed by atoms with van der Waals surface area (Å²) in [5, 5.41) is 3.91. The van der Waals surface area contributed by atoms with Crippen molar-refractivity contribution >= 4 is 5.65 Å². The number of aromatic nitrogens is 4. The molecule has 2 aromatic heterocycles. The Morgan fingerprint density at radius 1 is 1.44 bits per heavy atom. The second-order valence-electron chi connectivity index (χ2n) is 1.64. The van der Waals surface area contributed by atoms with Gasteiger partial charge in [-0.05, 0) is 0 Å². The van der Waals surface area contributed by atoms with Crippen LogP contribution in [0.2, 0.25) is 0 Å². The summed E-state index contributed by atoms with van der Waals surface area (Å²) in [5.41, 5.74) is 0.824. The van der Waals surface area contributed by atoms with Crippen LogP contribution in [0.5, 0.6) is 0 Å². The van der Waals surface area contributed by atoms with Gasteiger partial charge >= 0.3 is 0 Å². The van der Waals surface area contributed by atoms with Gasteiger partial charge in [0.1, 0.15) is 12.7 Å². The minimum absolute atomic E-state index is 0.824. The fourth-order valence-corrected chi connectivity index (χ4v) is 0.684. The van der Waals surface area contributed by atoms with Gasteiger partial charge in [-0.15, -0.1) is 0 Å². The first-order chi connectivity index (χ1) is 4.47. The van der Waals surface area contributed by atoms with Gasteiger partial charge in [-0.2, -0.15) is 5.10 Å². The van der Waals surface area contributed by atoms with Gasteiger partial charge in [0.2, 0.25) is 0 Å². The third kappa shape index (κ3) is 0.561. The Morgan fingerprint density at radius 2 is 2.44 bits per heavy atom. The molecule has 0 amide bonds. The van der Waals surface area contributed by atoms with Gasteiger partial charge in [0.25, 0.3) is 0 Å². The van der Waals surface area contributed by atoms with Crippen LogP contribution in [0.3, 0.4) is 0 Å². The van der Waals surface area contributed by atoms with E-state index in [0.717, 1.165) is 5.65 Å². The van der Waals surface area contributed by atoms with E-state index in [9.17, 15) is 0 Å². The SMILES string of the molecule is c1ncn2nccc2n1. The molecule has 44 valence electrons. The lowest BCUT2D eigenvalue weighted by atomic mass is 10.7. The Morgan fingerprint density at radius 3 is 3.33 bits per heavy atom. The molecule has 0 unspecified atom stereocenters. The predicted molar refractivity (Wildman–Crippen MR) is 30.8 cm³/mol. The molecule has 4 nitrogen and oxygen atoms in total. The van der Waals surface area contributed by atoms with Crippen LogP contribution in [-0.2, 0) is 0 Å². The standard InChI is InChI=1S/C5H4N4/c1-2-8-9-4-6-3-7-5(1)9/h1-4H. The van der Waals surface area contributed by atoms with Gasteiger partial charge in [0.05, 0.1) is 6.20 Å². The van der Waals surface area contributed by atoms with Crippen molar-refractivity contribution in [3.63, 3.8) is 0 Å². The lowest BCUT2D eigenvalue weighted by Gasteiger charge is -1.84. The summed E-state index contributed by atoms with van der Waals surface area (Å²) in [6.45, 7) is 0. The van der Waals surface area contributed by atoms with Crippen molar-refractivity contribution in [1.29, 1.82) is 0 Å². The summed E-state index contributed by atoms with van der Waals surface area (Å²) in [6, 6.07) is 1.82. The smallest absolute Gasteiger partial charge is 0.158 e. The zero-order chi connectivity index (χ0) is 6.10. The second-order valence-corrected chi connectivity index (χ2v) is 1.64. The molecule has 0 radical (unpaired) electrons. The highest BCUT2D eigenvalue weighted by molar-refractivity contribution is 5.32. The molecule has 0 aliphatic carbocycles. The summed E-state index contributed by atoms with van der Waals surface area (Å²) in [6.07, 6.45) is 4.80. The van der Waals surface area contributed by atoms with Crippen LogP contribution in [0.4, 0.5) is 0 Å². The predicted octanol–water partition coefficient (Wildman–Crippen LogP) is 0.124. The molecular weight excluding hydrogens is 116 g/mol. The van der Waals surface area contributed by atoms with E-state index in [1.165, 1.54) is 6.33 Å². The van der Waals surface area contributed by atoms with Crippen LogP contribution in [0.25, 0.3) is 5.65 Å². The van der Waals surface area contributed by atoms with E-state index in [0.29, 0.717) is 0 Å². The van der Waals surface area contributed by atoms with Crippen LogP contribution in [0, 0.1) is 0 Å². The number of fused-ring (bicyclic) bond motifs is 1. The van der Waals surface area contributed by atoms with E-state index in [1.54, 1.807) is 17.0 Å². The quantitative estimate of drug-likeness (QED) is 0.496. The van der Waals surface area contributed by atoms with Crippen molar-refractivity contribution < 1.29 is 0 Å². The maximum Gasteiger partial charge on any atom is 0.158 e. The molecule has 9 heavy (non-hydrogen) atoms. The van der Waals surface area contributed by atoms with Crippen LogP contribution >= 0.6 is 0 Å². The van der Waals surface area contributed by atoms with E-state index < -0.39 is 0 Å². The molecule has 0 fully saturated rings. The maximum atomic E-state index is 3.93. The molecule has 0 atom stereocenters. The van der Waals surface area contributed by atoms with E-state index in [2.05, 4.69) is 15.1 Å². The molecule has 0 aromatic carbocycles. The Labute approximate surface area is 51.2 Å². The minimum Gasteiger partial charge on any atom is -0.225 e. The number of rotatable bonds is 0. The van der Waals surface area contributed by atoms with E-state index in [-0.39, 0.29) is 0 Å². The average molecular weight is 120 g/mol. The summed E-state index contributed by atoms with van der Waals surface area (Å²) in [5.74, 6) is 0. The van der Waals surface area contributed by atoms with Crippen molar-refractivity contribution in [2.75, 3.05) is 0 Å². The third-order valence-electron chi connectivity index (χ3n) is 1.08. The number of nitrogens with zero attached hydrogens (tertiary/aromatic N) is 4. The summed E-state index contributed by atoms with van der Waals surface area (Å²) in [7, 11) is 0. The largest absolute Gasteiger partial charge is 0.225 e. The molecular formula is C5H4N4. The van der Waals surface area contributed by atoms with Crippen molar-refractivity contribution in [2.45, 2.75) is 0 Å². The van der Waals surface area contributed by atoms with Crippen LogP contribution < -0.4 is 0 Å². The monoisotopic (exact) mass is 120 g/mol. The first kappa shape index (κ1) is 4.43. The van der Waals surface area contributed by atoms with Crippen molar-refractivity contribution in [1.82, 2.24) is 19.6 Å². The summed E-state index contributed by atoms with van der Waals surface area (Å²) >= 11 is 0. The molecule has 4 heteroatoms. The van der Waals surface area contributed by atoms with Gasteiger partial charge in [-0.1, -0.05) is 0 Å². The lowest BCUT2D eigenvalue weighted by Crippen LogP contribution is -1.88. The van der Waals surface area contributed by atoms with E-state index in [4.69, 9.17) is 0 Å². The van der Waals surface area contributed by atoms with Crippen LogP contribution in [-0.4, -0.2) is 19.6 Å². The van der Waals surface area contributed by atoms with Gasteiger partial charge in [-0.3, -0.25) is 0 Å². The van der Waals surface area contributed by atoms with E-state index >= 15 is 0 Å². The highest BCUT2D eigenvalue weighted by Gasteiger charge is 1.87. The normalized spacial score (nSPS) is 10.2. The van der Waals surface area contributed by atoms with Crippen molar-refractivity contribution in [2.24, 2.45) is 0 Å². The fourth-order valence-electron chi connectivity index (χ4n) is 0.684. The topological polar surface area (TPSA) is 43.1 Å². The average Bonchev–Trinajstić information content (AvgIpc) is 2.33. The molecule has 0 saturated carbocycles. The Hall–Kier alpha value is -1.45. The Kier molecular flexibility index (Phi) is 0.745. The first-order valence-electron chi connectivity index (χ1n) is 2.56. The lowest BCUT2D eigenvalue weighted by molar-refractivity contribution is 0.891. The molecule has 2 rings (SSSR count). The third-order valence-corrected chi connectivity index (χ3v) is 1.08. The molecule has 0 aliphatic heterocycles. The molecule has 2 aromatic rings. The van der Waals surface area contributed by atoms with Crippen LogP contribution in [0.15, 0.2) is 24.9 Å².